The molecule has 2 aliphatic rings. The number of aliphatic hydroxyl groups is 1. The number of nitrogens with two attached hydrogens (primary N) is 1. The lowest BCUT2D eigenvalue weighted by Gasteiger charge is -2.34. The molecule has 45 heavy (non-hydrogen) atoms. The first-order valence-corrected chi connectivity index (χ1v) is 16.8. The molecule has 244 valence electrons. The molecule has 1 fully saturated rings. The Morgan fingerprint density at radius 3 is 2.56 bits per heavy atom. The van der Waals surface area contributed by atoms with Gasteiger partial charge in [0.15, 0.2) is 0 Å². The summed E-state index contributed by atoms with van der Waals surface area (Å²) in [5.74, 6) is -2.11. The summed E-state index contributed by atoms with van der Waals surface area (Å²) in [4.78, 5) is 24.2. The number of hydrogen-bond acceptors (Lipinski definition) is 7. The molecule has 0 radical (unpaired) electrons. The number of aliphatic hydroxyl groups excluding tert-OH is 1. The highest BCUT2D eigenvalue weighted by Crippen LogP contribution is 2.41. The van der Waals surface area contributed by atoms with E-state index in [1.165, 1.54) is 26.4 Å². The number of amides is 1. The second-order valence-electron chi connectivity index (χ2n) is 12.8. The number of anilines is 1. The SMILES string of the molecule is CC(C)C1(F)CCc2nc3c(F)cc(C(N)=O)c([C@@H](CCN4CCC(O)CC4)c4ccc(NS(=O)(=O)N(C)C)nc4)c3cc2C1. The van der Waals surface area contributed by atoms with Gasteiger partial charge in [-0.05, 0) is 79.5 Å². The Kier molecular flexibility index (Phi) is 9.46. The number of aromatic nitrogens is 2. The van der Waals surface area contributed by atoms with Crippen LogP contribution in [0.25, 0.3) is 10.9 Å². The standard InChI is InChI=1S/C32H42F2N6O4S/c1-19(2)32(34)11-7-27-21(17-32)15-24-29(25(31(35)42)16-26(33)30(24)37-27)23(10-14-40-12-8-22(41)9-13-40)20-5-6-28(36-18-20)38-45(43,44)39(3)4/h5-6,15-16,18-19,22-23,41H,7-14,17H2,1-4H3,(H2,35,42)(H,36,38)/t23-,32?/m0/s1. The first-order chi connectivity index (χ1) is 21.2. The largest absolute Gasteiger partial charge is 0.393 e. The minimum Gasteiger partial charge on any atom is -0.393 e. The van der Waals surface area contributed by atoms with Crippen molar-refractivity contribution in [2.75, 3.05) is 38.5 Å². The van der Waals surface area contributed by atoms with Crippen LogP contribution < -0.4 is 10.5 Å². The van der Waals surface area contributed by atoms with Crippen molar-refractivity contribution in [3.8, 4) is 0 Å². The van der Waals surface area contributed by atoms with Gasteiger partial charge in [-0.1, -0.05) is 19.9 Å². The van der Waals surface area contributed by atoms with Gasteiger partial charge >= 0.3 is 10.2 Å². The molecule has 1 aliphatic carbocycles. The van der Waals surface area contributed by atoms with E-state index in [0.29, 0.717) is 79.5 Å². The number of fused-ring (bicyclic) bond motifs is 2. The van der Waals surface area contributed by atoms with Crippen molar-refractivity contribution in [2.45, 2.75) is 70.1 Å². The summed E-state index contributed by atoms with van der Waals surface area (Å²) in [6.07, 6.45) is 3.79. The summed E-state index contributed by atoms with van der Waals surface area (Å²) < 4.78 is 59.7. The van der Waals surface area contributed by atoms with Crippen LogP contribution in [0.4, 0.5) is 14.6 Å². The number of likely N-dealkylation sites (tertiary alicyclic amines) is 1. The Hall–Kier alpha value is -3.26. The predicted octanol–water partition coefficient (Wildman–Crippen LogP) is 3.92. The van der Waals surface area contributed by atoms with Gasteiger partial charge in [0.25, 0.3) is 0 Å². The van der Waals surface area contributed by atoms with Gasteiger partial charge in [-0.25, -0.2) is 18.7 Å². The summed E-state index contributed by atoms with van der Waals surface area (Å²) in [6.45, 7) is 5.70. The molecule has 1 saturated heterocycles. The molecule has 1 aliphatic heterocycles. The lowest BCUT2D eigenvalue weighted by molar-refractivity contribution is 0.0815. The molecule has 10 nitrogen and oxygen atoms in total. The summed E-state index contributed by atoms with van der Waals surface area (Å²) in [7, 11) is -0.988. The fourth-order valence-electron chi connectivity index (χ4n) is 6.40. The van der Waals surface area contributed by atoms with E-state index < -0.39 is 33.5 Å². The first kappa shape index (κ1) is 33.1. The van der Waals surface area contributed by atoms with E-state index in [4.69, 9.17) is 5.73 Å². The molecule has 0 spiro atoms. The molecule has 3 aromatic rings. The van der Waals surface area contributed by atoms with Crippen LogP contribution in [0.5, 0.6) is 0 Å². The lowest BCUT2D eigenvalue weighted by Crippen LogP contribution is -2.37. The zero-order valence-electron chi connectivity index (χ0n) is 26.2. The maximum absolute atomic E-state index is 15.9. The maximum Gasteiger partial charge on any atom is 0.302 e. The van der Waals surface area contributed by atoms with E-state index >= 15 is 8.78 Å². The quantitative estimate of drug-likeness (QED) is 0.304. The second-order valence-corrected chi connectivity index (χ2v) is 14.7. The number of rotatable bonds is 10. The third-order valence-electron chi connectivity index (χ3n) is 9.37. The number of benzene rings is 1. The number of carbonyl (C=O) groups is 1. The van der Waals surface area contributed by atoms with Crippen LogP contribution in [0, 0.1) is 11.7 Å². The van der Waals surface area contributed by atoms with Crippen LogP contribution in [0.2, 0.25) is 0 Å². The summed E-state index contributed by atoms with van der Waals surface area (Å²) in [5, 5.41) is 10.4. The molecule has 1 amide bonds. The highest BCUT2D eigenvalue weighted by atomic mass is 32.2. The Labute approximate surface area is 263 Å². The van der Waals surface area contributed by atoms with Gasteiger partial charge < -0.3 is 15.7 Å². The number of carbonyl (C=O) groups excluding carboxylic acids is 1. The van der Waals surface area contributed by atoms with E-state index in [1.54, 1.807) is 12.1 Å². The van der Waals surface area contributed by atoms with Crippen LogP contribution in [-0.2, 0) is 23.1 Å². The normalized spacial score (nSPS) is 20.5. The highest BCUT2D eigenvalue weighted by Gasteiger charge is 2.38. The molecular weight excluding hydrogens is 602 g/mol. The van der Waals surface area contributed by atoms with Crippen molar-refractivity contribution in [2.24, 2.45) is 11.7 Å². The van der Waals surface area contributed by atoms with Crippen molar-refractivity contribution in [1.29, 1.82) is 0 Å². The number of primary amides is 1. The van der Waals surface area contributed by atoms with E-state index in [2.05, 4.69) is 19.6 Å². The highest BCUT2D eigenvalue weighted by molar-refractivity contribution is 7.90. The van der Waals surface area contributed by atoms with E-state index in [9.17, 15) is 18.3 Å². The van der Waals surface area contributed by atoms with Crippen molar-refractivity contribution in [3.63, 3.8) is 0 Å². The molecular formula is C32H42F2N6O4S. The number of alkyl halides is 1. The molecule has 0 saturated carbocycles. The van der Waals surface area contributed by atoms with Crippen LogP contribution >= 0.6 is 0 Å². The monoisotopic (exact) mass is 644 g/mol. The summed E-state index contributed by atoms with van der Waals surface area (Å²) >= 11 is 0. The van der Waals surface area contributed by atoms with Gasteiger partial charge in [-0.3, -0.25) is 9.52 Å². The lowest BCUT2D eigenvalue weighted by atomic mass is 9.76. The van der Waals surface area contributed by atoms with Gasteiger partial charge in [0.1, 0.15) is 22.8 Å². The minimum atomic E-state index is -3.79. The third-order valence-corrected chi connectivity index (χ3v) is 10.8. The first-order valence-electron chi connectivity index (χ1n) is 15.4. The molecule has 1 aromatic carbocycles. The number of halogens is 2. The number of nitrogens with zero attached hydrogens (tertiary/aromatic N) is 4. The fraction of sp³-hybridized carbons (Fsp3) is 0.531. The molecule has 0 bridgehead atoms. The van der Waals surface area contributed by atoms with E-state index in [-0.39, 0.29) is 35.3 Å². The maximum atomic E-state index is 15.9. The Morgan fingerprint density at radius 1 is 1.24 bits per heavy atom. The second kappa shape index (κ2) is 12.9. The Bertz CT molecular complexity index is 1680. The van der Waals surface area contributed by atoms with Crippen molar-refractivity contribution in [1.82, 2.24) is 19.2 Å². The van der Waals surface area contributed by atoms with Crippen LogP contribution in [0.1, 0.15) is 78.2 Å². The van der Waals surface area contributed by atoms with Gasteiger partial charge in [-0.2, -0.15) is 12.7 Å². The van der Waals surface area contributed by atoms with Crippen LogP contribution in [0.3, 0.4) is 0 Å². The molecule has 13 heteroatoms. The number of piperidine rings is 1. The molecule has 2 atom stereocenters. The molecule has 5 rings (SSSR count). The van der Waals surface area contributed by atoms with Crippen LogP contribution in [0.15, 0.2) is 30.5 Å². The predicted molar refractivity (Wildman–Crippen MR) is 170 cm³/mol. The zero-order valence-corrected chi connectivity index (χ0v) is 27.0. The van der Waals surface area contributed by atoms with E-state index in [1.807, 2.05) is 13.8 Å². The zero-order chi connectivity index (χ0) is 32.7. The van der Waals surface area contributed by atoms with Crippen molar-refractivity contribution < 1.29 is 27.1 Å². The third kappa shape index (κ3) is 6.96. The Balaban J connectivity index is 1.64. The average Bonchev–Trinajstić information content (AvgIpc) is 2.98. The number of hydrogen-bond donors (Lipinski definition) is 3. The average molecular weight is 645 g/mol. The van der Waals surface area contributed by atoms with Gasteiger partial charge in [0.2, 0.25) is 5.91 Å². The van der Waals surface area contributed by atoms with Crippen molar-refractivity contribution >= 4 is 32.8 Å². The van der Waals surface area contributed by atoms with Crippen molar-refractivity contribution in [3.05, 3.63) is 64.2 Å². The molecule has 1 unspecified atom stereocenters. The van der Waals surface area contributed by atoms with Gasteiger partial charge in [0, 0.05) is 62.4 Å². The number of nitrogens with one attached hydrogen (secondary N) is 1. The number of pyridine rings is 2. The minimum absolute atomic E-state index is 0.00406. The van der Waals surface area contributed by atoms with Gasteiger partial charge in [-0.15, -0.1) is 0 Å². The molecule has 4 N–H and O–H groups in total. The fourth-order valence-corrected chi connectivity index (χ4v) is 6.97. The van der Waals surface area contributed by atoms with Crippen LogP contribution in [-0.4, -0.2) is 84.1 Å². The Morgan fingerprint density at radius 2 is 1.96 bits per heavy atom. The molecule has 2 aromatic heterocycles. The molecule has 3 heterocycles. The summed E-state index contributed by atoms with van der Waals surface area (Å²) in [5.41, 5.74) is 7.01. The van der Waals surface area contributed by atoms with Gasteiger partial charge in [0.05, 0.1) is 6.10 Å². The summed E-state index contributed by atoms with van der Waals surface area (Å²) in [6, 6.07) is 6.17. The topological polar surface area (TPSA) is 142 Å². The smallest absolute Gasteiger partial charge is 0.302 e. The van der Waals surface area contributed by atoms with E-state index in [0.717, 1.165) is 10.4 Å². The number of aryl methyl sites for hydroxylation is 1.